The lowest BCUT2D eigenvalue weighted by Crippen LogP contribution is -2.53. The van der Waals surface area contributed by atoms with Crippen LogP contribution in [0.25, 0.3) is 0 Å². The summed E-state index contributed by atoms with van der Waals surface area (Å²) in [4.78, 5) is 29.9. The number of benzene rings is 3. The quantitative estimate of drug-likeness (QED) is 0.0463. The largest absolute Gasteiger partial charge is 0.497 e. The molecule has 4 N–H and O–H groups in total. The highest BCUT2D eigenvalue weighted by atomic mass is 32.2. The molecule has 5 atom stereocenters. The zero-order valence-corrected chi connectivity index (χ0v) is 32.9. The molecule has 0 bridgehead atoms. The van der Waals surface area contributed by atoms with Gasteiger partial charge in [-0.15, -0.1) is 0 Å². The molecule has 13 nitrogen and oxygen atoms in total. The molecule has 0 aromatic heterocycles. The molecule has 1 fully saturated rings. The molecule has 3 aromatic rings. The van der Waals surface area contributed by atoms with Crippen LogP contribution in [0.4, 0.5) is 4.79 Å². The summed E-state index contributed by atoms with van der Waals surface area (Å²) in [7, 11) is 0.181. The van der Waals surface area contributed by atoms with Gasteiger partial charge in [0.05, 0.1) is 27.4 Å². The van der Waals surface area contributed by atoms with Crippen molar-refractivity contribution in [1.29, 1.82) is 0 Å². The smallest absolute Gasteiger partial charge is 0.344 e. The monoisotopic (exact) mass is 771 g/mol. The number of methoxy groups -OCH3 is 2. The van der Waals surface area contributed by atoms with Gasteiger partial charge in [0.25, 0.3) is 0 Å². The number of thioether (sulfide) groups is 1. The highest BCUT2D eigenvalue weighted by molar-refractivity contribution is 8.13. The zero-order valence-electron chi connectivity index (χ0n) is 31.1. The number of amides is 2. The van der Waals surface area contributed by atoms with E-state index in [0.717, 1.165) is 28.5 Å². The number of aliphatic imine (C=N–C) groups is 1. The second-order valence-electron chi connectivity index (χ2n) is 13.4. The summed E-state index contributed by atoms with van der Waals surface area (Å²) in [6, 6.07) is 23.9. The van der Waals surface area contributed by atoms with Crippen molar-refractivity contribution < 1.29 is 47.6 Å². The third-order valence-corrected chi connectivity index (χ3v) is 11.3. The number of ether oxygens (including phenoxy) is 3. The van der Waals surface area contributed by atoms with Gasteiger partial charge in [-0.2, -0.15) is 4.99 Å². The first kappa shape index (κ1) is 42.0. The molecule has 1 heterocycles. The van der Waals surface area contributed by atoms with Crippen LogP contribution in [-0.2, 0) is 28.7 Å². The van der Waals surface area contributed by atoms with Crippen molar-refractivity contribution in [2.24, 2.45) is 10.4 Å². The summed E-state index contributed by atoms with van der Waals surface area (Å²) in [6.07, 6.45) is -3.34. The molecule has 288 valence electrons. The molecule has 15 heteroatoms. The molecule has 0 aliphatic carbocycles. The number of carbonyl (C=O) groups is 2. The van der Waals surface area contributed by atoms with Crippen LogP contribution in [0.5, 0.6) is 11.5 Å². The maximum Gasteiger partial charge on any atom is 0.344 e. The second-order valence-corrected chi connectivity index (χ2v) is 15.5. The van der Waals surface area contributed by atoms with Gasteiger partial charge in [0.1, 0.15) is 40.7 Å². The Bertz CT molecular complexity index is 1670. The molecule has 1 aliphatic heterocycles. The van der Waals surface area contributed by atoms with Gasteiger partial charge in [-0.1, -0.05) is 87.1 Å². The van der Waals surface area contributed by atoms with Crippen LogP contribution >= 0.6 is 20.0 Å². The lowest BCUT2D eigenvalue weighted by molar-refractivity contribution is -0.118. The van der Waals surface area contributed by atoms with Crippen molar-refractivity contribution in [2.75, 3.05) is 33.2 Å². The molecule has 2 amide bonds. The number of aliphatic hydroxyl groups excluding tert-OH is 1. The number of rotatable bonds is 16. The van der Waals surface area contributed by atoms with Crippen LogP contribution in [0, 0.1) is 5.41 Å². The van der Waals surface area contributed by atoms with E-state index >= 15 is 0 Å². The Morgan fingerprint density at radius 2 is 1.49 bits per heavy atom. The predicted molar refractivity (Wildman–Crippen MR) is 205 cm³/mol. The number of aliphatic hydroxyl groups is 2. The molecule has 0 saturated carbocycles. The molecule has 0 radical (unpaired) electrons. The lowest BCUT2D eigenvalue weighted by atomic mass is 9.77. The summed E-state index contributed by atoms with van der Waals surface area (Å²) < 4.78 is 39.5. The molecule has 1 aliphatic rings. The topological polar surface area (TPSA) is 174 Å². The standard InChI is InChI=1S/C38H50N3O10PS/c1-8-36(3,4)34(43)53-23-22-49-52(46)50-24-31-32(42)37(5,45)33(51-31)40-35(44)39-25(2)41-38(26-12-10-9-11-13-26,27-14-18-29(47-6)19-15-27)28-16-20-30(48-7)21-17-28/h9-21,31-33,42,45,52H,8,22-24H2,1-7H3,(H2,39,40,41,44)/t31-,32?,33-,37+/m1/s1. The van der Waals surface area contributed by atoms with Crippen LogP contribution < -0.4 is 20.1 Å². The normalized spacial score (nSPS) is 21.2. The van der Waals surface area contributed by atoms with E-state index in [0.29, 0.717) is 23.7 Å². The van der Waals surface area contributed by atoms with Crippen molar-refractivity contribution in [3.8, 4) is 11.5 Å². The SMILES string of the molecule is CCC(C)(C)C(=O)SCCO[PH](=O)OC[C@H]1O[C@@H](NC(=O)/N=C(\C)NC(c2ccccc2)(c2ccc(OC)cc2)c2ccc(OC)cc2)[C@@](C)(O)C1O. The van der Waals surface area contributed by atoms with Gasteiger partial charge in [-0.3, -0.25) is 9.36 Å². The number of hydrogen-bond donors (Lipinski definition) is 4. The van der Waals surface area contributed by atoms with E-state index in [1.54, 1.807) is 21.1 Å². The Hall–Kier alpha value is -3.75. The Morgan fingerprint density at radius 1 is 0.943 bits per heavy atom. The molecule has 53 heavy (non-hydrogen) atoms. The predicted octanol–water partition coefficient (Wildman–Crippen LogP) is 5.67. The van der Waals surface area contributed by atoms with Crippen molar-refractivity contribution in [1.82, 2.24) is 10.6 Å². The van der Waals surface area contributed by atoms with Crippen LogP contribution in [-0.4, -0.2) is 84.4 Å². The fraction of sp³-hybridized carbons (Fsp3) is 0.447. The highest BCUT2D eigenvalue weighted by Crippen LogP contribution is 2.39. The molecular weight excluding hydrogens is 721 g/mol. The third kappa shape index (κ3) is 10.3. The Balaban J connectivity index is 1.47. The van der Waals surface area contributed by atoms with Gasteiger partial charge in [-0.05, 0) is 61.2 Å². The summed E-state index contributed by atoms with van der Waals surface area (Å²) in [6.45, 7) is 8.24. The van der Waals surface area contributed by atoms with Gasteiger partial charge >= 0.3 is 14.3 Å². The van der Waals surface area contributed by atoms with Crippen molar-refractivity contribution in [3.63, 3.8) is 0 Å². The van der Waals surface area contributed by atoms with Gasteiger partial charge in [-0.25, -0.2) is 4.79 Å². The van der Waals surface area contributed by atoms with Crippen LogP contribution in [0.1, 0.15) is 57.7 Å². The van der Waals surface area contributed by atoms with E-state index in [2.05, 4.69) is 15.6 Å². The van der Waals surface area contributed by atoms with Gasteiger partial charge in [0, 0.05) is 11.2 Å². The summed E-state index contributed by atoms with van der Waals surface area (Å²) >= 11 is 1.10. The molecule has 2 unspecified atom stereocenters. The number of amidine groups is 1. The van der Waals surface area contributed by atoms with Gasteiger partial charge in [0.2, 0.25) is 0 Å². The molecule has 1 saturated heterocycles. The number of nitrogens with zero attached hydrogens (tertiary/aromatic N) is 1. The molecular formula is C38H50N3O10PS. The minimum absolute atomic E-state index is 0.0160. The lowest BCUT2D eigenvalue weighted by Gasteiger charge is -2.37. The van der Waals surface area contributed by atoms with E-state index in [4.69, 9.17) is 23.3 Å². The van der Waals surface area contributed by atoms with Crippen molar-refractivity contribution in [2.45, 2.75) is 70.6 Å². The van der Waals surface area contributed by atoms with E-state index in [-0.39, 0.29) is 24.2 Å². The second kappa shape index (κ2) is 18.5. The van der Waals surface area contributed by atoms with E-state index in [1.807, 2.05) is 99.6 Å². The first-order chi connectivity index (χ1) is 25.2. The van der Waals surface area contributed by atoms with Crippen LogP contribution in [0.2, 0.25) is 0 Å². The number of hydrogen-bond acceptors (Lipinski definition) is 11. The fourth-order valence-electron chi connectivity index (χ4n) is 5.70. The minimum atomic E-state index is -3.00. The maximum atomic E-state index is 13.3. The van der Waals surface area contributed by atoms with Crippen molar-refractivity contribution in [3.05, 3.63) is 95.6 Å². The van der Waals surface area contributed by atoms with Gasteiger partial charge in [0.15, 0.2) is 11.3 Å². The van der Waals surface area contributed by atoms with E-state index < -0.39 is 49.3 Å². The van der Waals surface area contributed by atoms with Crippen LogP contribution in [0.15, 0.2) is 83.9 Å². The molecule has 0 spiro atoms. The Kier molecular flexibility index (Phi) is 14.7. The number of urea groups is 1. The molecule has 3 aromatic carbocycles. The average molecular weight is 772 g/mol. The van der Waals surface area contributed by atoms with E-state index in [1.165, 1.54) is 6.92 Å². The summed E-state index contributed by atoms with van der Waals surface area (Å²) in [5.74, 6) is 1.87. The maximum absolute atomic E-state index is 13.3. The van der Waals surface area contributed by atoms with Crippen LogP contribution in [0.3, 0.4) is 0 Å². The first-order valence-corrected chi connectivity index (χ1v) is 19.4. The molecule has 4 rings (SSSR count). The van der Waals surface area contributed by atoms with Crippen molar-refractivity contribution >= 4 is 37.0 Å². The number of carbonyl (C=O) groups excluding carboxylic acids is 2. The number of nitrogens with one attached hydrogen (secondary N) is 2. The third-order valence-electron chi connectivity index (χ3n) is 9.28. The fourth-order valence-corrected chi connectivity index (χ4v) is 7.39. The Morgan fingerprint density at radius 3 is 2.02 bits per heavy atom. The summed E-state index contributed by atoms with van der Waals surface area (Å²) in [5, 5.41) is 28.0. The Labute approximate surface area is 315 Å². The highest BCUT2D eigenvalue weighted by Gasteiger charge is 2.53. The summed E-state index contributed by atoms with van der Waals surface area (Å²) in [5.41, 5.74) is -0.939. The zero-order chi connectivity index (χ0) is 38.8. The average Bonchev–Trinajstić information content (AvgIpc) is 3.37. The minimum Gasteiger partial charge on any atom is -0.497 e. The van der Waals surface area contributed by atoms with Gasteiger partial charge < -0.3 is 44.1 Å². The van der Waals surface area contributed by atoms with E-state index in [9.17, 15) is 24.4 Å². The first-order valence-electron chi connectivity index (χ1n) is 17.2.